The molecule has 2 nitrogen and oxygen atoms in total. The van der Waals surface area contributed by atoms with E-state index in [9.17, 15) is 0 Å². The normalized spacial score (nSPS) is 25.9. The highest BCUT2D eigenvalue weighted by Crippen LogP contribution is 2.24. The van der Waals surface area contributed by atoms with E-state index in [0.717, 1.165) is 18.4 Å². The summed E-state index contributed by atoms with van der Waals surface area (Å²) in [7, 11) is 0. The minimum absolute atomic E-state index is 0.709. The summed E-state index contributed by atoms with van der Waals surface area (Å²) >= 11 is 0. The van der Waals surface area contributed by atoms with Crippen LogP contribution in [0.5, 0.6) is 0 Å². The molecule has 2 N–H and O–H groups in total. The minimum Gasteiger partial charge on any atom is -0.330 e. The predicted octanol–water partition coefficient (Wildman–Crippen LogP) is 1.95. The molecule has 2 heteroatoms. The molecule has 14 heavy (non-hydrogen) atoms. The second kappa shape index (κ2) is 5.72. The molecule has 1 heterocycles. The van der Waals surface area contributed by atoms with Crippen LogP contribution in [0.15, 0.2) is 0 Å². The Kier molecular flexibility index (Phi) is 4.90. The van der Waals surface area contributed by atoms with Crippen molar-refractivity contribution in [2.75, 3.05) is 26.2 Å². The van der Waals surface area contributed by atoms with Crippen LogP contribution in [-0.2, 0) is 0 Å². The van der Waals surface area contributed by atoms with Crippen LogP contribution in [0.3, 0.4) is 0 Å². The lowest BCUT2D eigenvalue weighted by atomic mass is 9.95. The van der Waals surface area contributed by atoms with Gasteiger partial charge in [0.15, 0.2) is 0 Å². The third-order valence-electron chi connectivity index (χ3n) is 3.68. The van der Waals surface area contributed by atoms with Gasteiger partial charge in [0.2, 0.25) is 0 Å². The number of rotatable bonds is 5. The van der Waals surface area contributed by atoms with Gasteiger partial charge in [0.1, 0.15) is 0 Å². The van der Waals surface area contributed by atoms with E-state index in [1.807, 2.05) is 0 Å². The fourth-order valence-corrected chi connectivity index (χ4v) is 2.31. The zero-order valence-electron chi connectivity index (χ0n) is 10.00. The first kappa shape index (κ1) is 12.0. The second-order valence-electron chi connectivity index (χ2n) is 5.06. The Morgan fingerprint density at radius 2 is 2.14 bits per heavy atom. The zero-order valence-corrected chi connectivity index (χ0v) is 10.00. The monoisotopic (exact) mass is 198 g/mol. The van der Waals surface area contributed by atoms with Gasteiger partial charge in [-0.3, -0.25) is 0 Å². The molecule has 84 valence electrons. The van der Waals surface area contributed by atoms with Gasteiger partial charge in [-0.05, 0) is 37.3 Å². The first-order valence-electron chi connectivity index (χ1n) is 6.09. The highest BCUT2D eigenvalue weighted by atomic mass is 15.1. The van der Waals surface area contributed by atoms with Crippen LogP contribution in [-0.4, -0.2) is 31.1 Å². The Morgan fingerprint density at radius 3 is 2.57 bits per heavy atom. The van der Waals surface area contributed by atoms with Crippen molar-refractivity contribution >= 4 is 0 Å². The van der Waals surface area contributed by atoms with Crippen molar-refractivity contribution in [1.29, 1.82) is 0 Å². The van der Waals surface area contributed by atoms with E-state index in [0.29, 0.717) is 5.92 Å². The third-order valence-corrected chi connectivity index (χ3v) is 3.68. The first-order valence-corrected chi connectivity index (χ1v) is 6.09. The third kappa shape index (κ3) is 3.25. The summed E-state index contributed by atoms with van der Waals surface area (Å²) in [5, 5.41) is 0. The molecule has 2 atom stereocenters. The molecular formula is C12H26N2. The molecule has 0 aliphatic carbocycles. The number of nitrogens with two attached hydrogens (primary N) is 1. The van der Waals surface area contributed by atoms with Crippen LogP contribution in [0.1, 0.15) is 33.6 Å². The summed E-state index contributed by atoms with van der Waals surface area (Å²) in [5.74, 6) is 2.48. The molecule has 0 aromatic carbocycles. The topological polar surface area (TPSA) is 29.3 Å². The van der Waals surface area contributed by atoms with Gasteiger partial charge in [-0.2, -0.15) is 0 Å². The lowest BCUT2D eigenvalue weighted by Crippen LogP contribution is -2.31. The van der Waals surface area contributed by atoms with Gasteiger partial charge >= 0.3 is 0 Å². The average molecular weight is 198 g/mol. The molecule has 0 aromatic rings. The largest absolute Gasteiger partial charge is 0.330 e. The Balaban J connectivity index is 2.28. The fourth-order valence-electron chi connectivity index (χ4n) is 2.31. The molecule has 1 aliphatic heterocycles. The summed E-state index contributed by atoms with van der Waals surface area (Å²) in [6, 6.07) is 0. The van der Waals surface area contributed by atoms with Gasteiger partial charge < -0.3 is 10.6 Å². The predicted molar refractivity (Wildman–Crippen MR) is 62.2 cm³/mol. The molecule has 1 fully saturated rings. The fraction of sp³-hybridized carbons (Fsp3) is 1.00. The molecule has 0 saturated carbocycles. The standard InChI is InChI=1S/C12H26N2/c1-4-11(7-13)8-14-6-5-12(9-14)10(2)3/h10-12H,4-9,13H2,1-3H3. The Hall–Kier alpha value is -0.0800. The van der Waals surface area contributed by atoms with E-state index in [1.54, 1.807) is 0 Å². The van der Waals surface area contributed by atoms with Crippen LogP contribution in [0.2, 0.25) is 0 Å². The highest BCUT2D eigenvalue weighted by molar-refractivity contribution is 4.79. The number of hydrogen-bond donors (Lipinski definition) is 1. The van der Waals surface area contributed by atoms with Gasteiger partial charge in [-0.15, -0.1) is 0 Å². The summed E-state index contributed by atoms with van der Waals surface area (Å²) in [4.78, 5) is 2.60. The number of likely N-dealkylation sites (tertiary alicyclic amines) is 1. The molecule has 1 saturated heterocycles. The molecular weight excluding hydrogens is 172 g/mol. The van der Waals surface area contributed by atoms with E-state index >= 15 is 0 Å². The molecule has 0 bridgehead atoms. The van der Waals surface area contributed by atoms with Crippen molar-refractivity contribution in [2.24, 2.45) is 23.5 Å². The molecule has 0 spiro atoms. The lowest BCUT2D eigenvalue weighted by molar-refractivity contribution is 0.257. The molecule has 0 aromatic heterocycles. The molecule has 0 amide bonds. The molecule has 1 aliphatic rings. The Bertz CT molecular complexity index is 152. The minimum atomic E-state index is 0.709. The van der Waals surface area contributed by atoms with Crippen molar-refractivity contribution in [3.05, 3.63) is 0 Å². The van der Waals surface area contributed by atoms with Crippen LogP contribution < -0.4 is 5.73 Å². The van der Waals surface area contributed by atoms with Gasteiger partial charge in [-0.25, -0.2) is 0 Å². The van der Waals surface area contributed by atoms with E-state index < -0.39 is 0 Å². The Morgan fingerprint density at radius 1 is 1.43 bits per heavy atom. The van der Waals surface area contributed by atoms with Crippen LogP contribution >= 0.6 is 0 Å². The molecule has 1 rings (SSSR count). The van der Waals surface area contributed by atoms with E-state index in [2.05, 4.69) is 25.7 Å². The average Bonchev–Trinajstić information content (AvgIpc) is 2.62. The van der Waals surface area contributed by atoms with E-state index in [-0.39, 0.29) is 0 Å². The summed E-state index contributed by atoms with van der Waals surface area (Å²) < 4.78 is 0. The van der Waals surface area contributed by atoms with Gasteiger partial charge in [0.25, 0.3) is 0 Å². The molecule has 0 radical (unpaired) electrons. The van der Waals surface area contributed by atoms with Crippen LogP contribution in [0.25, 0.3) is 0 Å². The van der Waals surface area contributed by atoms with Gasteiger partial charge in [0, 0.05) is 13.1 Å². The second-order valence-corrected chi connectivity index (χ2v) is 5.06. The maximum atomic E-state index is 5.73. The van der Waals surface area contributed by atoms with E-state index in [4.69, 9.17) is 5.73 Å². The zero-order chi connectivity index (χ0) is 10.6. The van der Waals surface area contributed by atoms with Gasteiger partial charge in [0.05, 0.1) is 0 Å². The highest BCUT2D eigenvalue weighted by Gasteiger charge is 2.25. The van der Waals surface area contributed by atoms with Crippen molar-refractivity contribution in [1.82, 2.24) is 4.90 Å². The van der Waals surface area contributed by atoms with Gasteiger partial charge in [-0.1, -0.05) is 27.2 Å². The Labute approximate surface area is 88.8 Å². The first-order chi connectivity index (χ1) is 6.67. The van der Waals surface area contributed by atoms with Crippen molar-refractivity contribution in [2.45, 2.75) is 33.6 Å². The summed E-state index contributed by atoms with van der Waals surface area (Å²) in [5.41, 5.74) is 5.73. The van der Waals surface area contributed by atoms with Crippen molar-refractivity contribution in [3.8, 4) is 0 Å². The number of hydrogen-bond acceptors (Lipinski definition) is 2. The van der Waals surface area contributed by atoms with Crippen LogP contribution in [0, 0.1) is 17.8 Å². The maximum Gasteiger partial charge on any atom is 0.00217 e. The van der Waals surface area contributed by atoms with Crippen LogP contribution in [0.4, 0.5) is 0 Å². The maximum absolute atomic E-state index is 5.73. The lowest BCUT2D eigenvalue weighted by Gasteiger charge is -2.22. The number of nitrogens with zero attached hydrogens (tertiary/aromatic N) is 1. The summed E-state index contributed by atoms with van der Waals surface area (Å²) in [6.45, 7) is 11.6. The quantitative estimate of drug-likeness (QED) is 0.731. The molecule has 2 unspecified atom stereocenters. The summed E-state index contributed by atoms with van der Waals surface area (Å²) in [6.07, 6.45) is 2.61. The SMILES string of the molecule is CCC(CN)CN1CCC(C(C)C)C1. The smallest absolute Gasteiger partial charge is 0.00217 e. The van der Waals surface area contributed by atoms with E-state index in [1.165, 1.54) is 32.5 Å². The van der Waals surface area contributed by atoms with Crippen molar-refractivity contribution < 1.29 is 0 Å². The van der Waals surface area contributed by atoms with Crippen molar-refractivity contribution in [3.63, 3.8) is 0 Å².